The van der Waals surface area contributed by atoms with Crippen LogP contribution in [0.25, 0.3) is 16.8 Å². The van der Waals surface area contributed by atoms with Gasteiger partial charge < -0.3 is 0 Å². The van der Waals surface area contributed by atoms with Crippen LogP contribution in [0.2, 0.25) is 0 Å². The van der Waals surface area contributed by atoms with Crippen LogP contribution >= 0.6 is 0 Å². The molecule has 2 rings (SSSR count). The quantitative estimate of drug-likeness (QED) is 0.913. The summed E-state index contributed by atoms with van der Waals surface area (Å²) in [5, 5.41) is 1.16. The molecule has 0 aliphatic heterocycles. The predicted molar refractivity (Wildman–Crippen MR) is 83.8 cm³/mol. The first-order chi connectivity index (χ1) is 9.79. The standard InChI is InChI=1S/C14H15NO4S2/c1-3-11-9-12-7-5-6-8-13(12)14(10-11)21(18,19)15-20(16,17)4-2/h3,5-10,15H,1,4H2,2H3. The van der Waals surface area contributed by atoms with Gasteiger partial charge in [-0.3, -0.25) is 0 Å². The molecule has 0 aliphatic carbocycles. The Balaban J connectivity index is 2.73. The lowest BCUT2D eigenvalue weighted by atomic mass is 10.1. The molecule has 0 spiro atoms. The average molecular weight is 325 g/mol. The van der Waals surface area contributed by atoms with Crippen molar-refractivity contribution in [2.75, 3.05) is 5.75 Å². The molecule has 0 aromatic heterocycles. The second kappa shape index (κ2) is 5.59. The van der Waals surface area contributed by atoms with E-state index in [2.05, 4.69) is 6.58 Å². The van der Waals surface area contributed by atoms with Gasteiger partial charge in [-0.15, -0.1) is 4.13 Å². The molecule has 0 radical (unpaired) electrons. The lowest BCUT2D eigenvalue weighted by molar-refractivity contribution is 0.578. The van der Waals surface area contributed by atoms with Crippen LogP contribution in [0.15, 0.2) is 47.9 Å². The van der Waals surface area contributed by atoms with Gasteiger partial charge in [0.15, 0.2) is 0 Å². The van der Waals surface area contributed by atoms with E-state index in [9.17, 15) is 16.8 Å². The number of hydrogen-bond acceptors (Lipinski definition) is 4. The second-order valence-electron chi connectivity index (χ2n) is 4.43. The SMILES string of the molecule is C=Cc1cc(S(=O)(=O)NS(=O)(=O)CC)c2ccccc2c1. The van der Waals surface area contributed by atoms with Crippen molar-refractivity contribution in [2.45, 2.75) is 11.8 Å². The van der Waals surface area contributed by atoms with Crippen molar-refractivity contribution in [2.24, 2.45) is 0 Å². The first-order valence-corrected chi connectivity index (χ1v) is 9.34. The van der Waals surface area contributed by atoms with Crippen LogP contribution in [0, 0.1) is 0 Å². The summed E-state index contributed by atoms with van der Waals surface area (Å²) in [5.41, 5.74) is 0.600. The molecule has 0 bridgehead atoms. The molecule has 0 amide bonds. The molecule has 21 heavy (non-hydrogen) atoms. The molecular weight excluding hydrogens is 310 g/mol. The number of benzene rings is 2. The maximum atomic E-state index is 12.4. The summed E-state index contributed by atoms with van der Waals surface area (Å²) in [5.74, 6) is -0.314. The fourth-order valence-corrected chi connectivity index (χ4v) is 4.84. The number of sulfonamides is 2. The Kier molecular flexibility index (Phi) is 4.18. The topological polar surface area (TPSA) is 80.3 Å². The van der Waals surface area contributed by atoms with Gasteiger partial charge in [0.2, 0.25) is 10.0 Å². The van der Waals surface area contributed by atoms with Crippen molar-refractivity contribution in [3.05, 3.63) is 48.5 Å². The minimum absolute atomic E-state index is 0.0764. The lowest BCUT2D eigenvalue weighted by Crippen LogP contribution is -2.32. The summed E-state index contributed by atoms with van der Waals surface area (Å²) in [4.78, 5) is -0.0764. The van der Waals surface area contributed by atoms with E-state index in [0.29, 0.717) is 16.3 Å². The summed E-state index contributed by atoms with van der Waals surface area (Å²) in [6.45, 7) is 4.99. The van der Waals surface area contributed by atoms with Gasteiger partial charge in [-0.2, -0.15) is 0 Å². The third kappa shape index (κ3) is 3.31. The van der Waals surface area contributed by atoms with Crippen molar-refractivity contribution in [3.63, 3.8) is 0 Å². The number of hydrogen-bond donors (Lipinski definition) is 1. The van der Waals surface area contributed by atoms with E-state index in [4.69, 9.17) is 0 Å². The highest BCUT2D eigenvalue weighted by Gasteiger charge is 2.23. The van der Waals surface area contributed by atoms with Gasteiger partial charge in [0, 0.05) is 5.39 Å². The molecule has 1 N–H and O–H groups in total. The fourth-order valence-electron chi connectivity index (χ4n) is 1.91. The smallest absolute Gasteiger partial charge is 0.211 e. The molecular formula is C14H15NO4S2. The molecule has 0 heterocycles. The minimum Gasteiger partial charge on any atom is -0.211 e. The average Bonchev–Trinajstić information content (AvgIpc) is 2.45. The third-order valence-electron chi connectivity index (χ3n) is 2.99. The molecule has 5 nitrogen and oxygen atoms in total. The molecule has 0 unspecified atom stereocenters. The zero-order valence-electron chi connectivity index (χ0n) is 11.4. The van der Waals surface area contributed by atoms with Gasteiger partial charge in [-0.05, 0) is 30.0 Å². The van der Waals surface area contributed by atoms with Crippen LogP contribution in [0.3, 0.4) is 0 Å². The van der Waals surface area contributed by atoms with Crippen molar-refractivity contribution >= 4 is 36.9 Å². The second-order valence-corrected chi connectivity index (χ2v) is 8.35. The van der Waals surface area contributed by atoms with Gasteiger partial charge in [-0.25, -0.2) is 16.8 Å². The maximum Gasteiger partial charge on any atom is 0.254 e. The Morgan fingerprint density at radius 1 is 1.14 bits per heavy atom. The molecule has 112 valence electrons. The Morgan fingerprint density at radius 2 is 1.81 bits per heavy atom. The summed E-state index contributed by atoms with van der Waals surface area (Å²) >= 11 is 0. The molecule has 0 atom stereocenters. The van der Waals surface area contributed by atoms with E-state index < -0.39 is 20.0 Å². The molecule has 0 saturated heterocycles. The highest BCUT2D eigenvalue weighted by Crippen LogP contribution is 2.25. The third-order valence-corrected chi connectivity index (χ3v) is 6.56. The van der Waals surface area contributed by atoms with Crippen LogP contribution in [0.4, 0.5) is 0 Å². The Labute approximate surface area is 124 Å². The first kappa shape index (κ1) is 15.7. The van der Waals surface area contributed by atoms with Crippen molar-refractivity contribution in [3.8, 4) is 0 Å². The van der Waals surface area contributed by atoms with Crippen molar-refractivity contribution < 1.29 is 16.8 Å². The van der Waals surface area contributed by atoms with Crippen LogP contribution in [0.1, 0.15) is 12.5 Å². The predicted octanol–water partition coefficient (Wildman–Crippen LogP) is 2.11. The molecule has 0 fully saturated rings. The van der Waals surface area contributed by atoms with E-state index in [0.717, 1.165) is 0 Å². The molecule has 0 aliphatic rings. The maximum absolute atomic E-state index is 12.4. The zero-order chi connectivity index (χ0) is 15.7. The van der Waals surface area contributed by atoms with Crippen LogP contribution in [-0.4, -0.2) is 22.6 Å². The van der Waals surface area contributed by atoms with Gasteiger partial charge in [0.05, 0.1) is 10.6 Å². The molecule has 2 aromatic carbocycles. The summed E-state index contributed by atoms with van der Waals surface area (Å²) in [7, 11) is -8.05. The summed E-state index contributed by atoms with van der Waals surface area (Å²) < 4.78 is 49.6. The van der Waals surface area contributed by atoms with Gasteiger partial charge in [0.1, 0.15) is 0 Å². The number of fused-ring (bicyclic) bond motifs is 1. The highest BCUT2D eigenvalue weighted by molar-refractivity contribution is 8.04. The lowest BCUT2D eigenvalue weighted by Gasteiger charge is -2.10. The van der Waals surface area contributed by atoms with Gasteiger partial charge in [0.25, 0.3) is 10.0 Å². The van der Waals surface area contributed by atoms with Crippen LogP contribution in [-0.2, 0) is 20.0 Å². The Hall–Kier alpha value is -1.70. The highest BCUT2D eigenvalue weighted by atomic mass is 32.3. The van der Waals surface area contributed by atoms with E-state index >= 15 is 0 Å². The molecule has 2 aromatic rings. The monoisotopic (exact) mass is 325 g/mol. The molecule has 0 saturated carbocycles. The zero-order valence-corrected chi connectivity index (χ0v) is 13.0. The van der Waals surface area contributed by atoms with Crippen LogP contribution in [0.5, 0.6) is 0 Å². The van der Waals surface area contributed by atoms with Gasteiger partial charge in [-0.1, -0.05) is 36.9 Å². The Morgan fingerprint density at radius 3 is 2.43 bits per heavy atom. The van der Waals surface area contributed by atoms with Crippen molar-refractivity contribution in [1.29, 1.82) is 0 Å². The van der Waals surface area contributed by atoms with E-state index in [-0.39, 0.29) is 10.6 Å². The van der Waals surface area contributed by atoms with Crippen LogP contribution < -0.4 is 4.13 Å². The fraction of sp³-hybridized carbons (Fsp3) is 0.143. The summed E-state index contributed by atoms with van der Waals surface area (Å²) in [6.07, 6.45) is 1.51. The van der Waals surface area contributed by atoms with E-state index in [1.54, 1.807) is 34.5 Å². The first-order valence-electron chi connectivity index (χ1n) is 6.20. The van der Waals surface area contributed by atoms with Gasteiger partial charge >= 0.3 is 0 Å². The van der Waals surface area contributed by atoms with E-state index in [1.807, 2.05) is 0 Å². The van der Waals surface area contributed by atoms with E-state index in [1.165, 1.54) is 19.1 Å². The molecule has 7 heteroatoms. The largest absolute Gasteiger partial charge is 0.254 e. The minimum atomic E-state index is -4.17. The normalized spacial score (nSPS) is 12.4. The van der Waals surface area contributed by atoms with Crippen molar-refractivity contribution in [1.82, 2.24) is 4.13 Å². The Bertz CT molecular complexity index is 900. The number of rotatable bonds is 5. The summed E-state index contributed by atoms with van der Waals surface area (Å²) in [6, 6.07) is 10.1. The number of nitrogens with one attached hydrogen (secondary N) is 1.